The Hall–Kier alpha value is -4.64. The molecular weight excluding hydrogens is 537 g/mol. The van der Waals surface area contributed by atoms with Crippen LogP contribution in [0, 0.1) is 0 Å². The lowest BCUT2D eigenvalue weighted by Crippen LogP contribution is -2.41. The molecule has 0 unspecified atom stereocenters. The van der Waals surface area contributed by atoms with Gasteiger partial charge in [-0.15, -0.1) is 0 Å². The fourth-order valence-corrected chi connectivity index (χ4v) is 6.54. The van der Waals surface area contributed by atoms with Gasteiger partial charge in [0.2, 0.25) is 0 Å². The van der Waals surface area contributed by atoms with E-state index in [2.05, 4.69) is 166 Å². The first-order chi connectivity index (χ1) is 21.3. The molecular formula is C40H34BNO2. The number of para-hydroxylation sites is 1. The summed E-state index contributed by atoms with van der Waals surface area (Å²) in [5.74, 6) is 0. The summed E-state index contributed by atoms with van der Waals surface area (Å²) in [5.41, 5.74) is 8.62. The zero-order chi connectivity index (χ0) is 30.1. The van der Waals surface area contributed by atoms with Gasteiger partial charge in [-0.2, -0.15) is 0 Å². The molecule has 1 aliphatic rings. The Morgan fingerprint density at radius 2 is 1.18 bits per heavy atom. The van der Waals surface area contributed by atoms with Crippen LogP contribution in [0.15, 0.2) is 133 Å². The van der Waals surface area contributed by atoms with Crippen molar-refractivity contribution in [2.24, 2.45) is 0 Å². The number of rotatable bonds is 4. The number of fused-ring (bicyclic) bond motifs is 4. The largest absolute Gasteiger partial charge is 0.494 e. The van der Waals surface area contributed by atoms with Crippen molar-refractivity contribution in [3.8, 4) is 27.9 Å². The SMILES string of the molecule is CC1(C)OB(c2cccc(-c3ccc(-n4c5ccccc5c5c(-c6ccc7ccccc7c6)cccc54)cc3)c2)OC1(C)C. The van der Waals surface area contributed by atoms with E-state index in [0.717, 1.165) is 22.3 Å². The lowest BCUT2D eigenvalue weighted by Gasteiger charge is -2.32. The van der Waals surface area contributed by atoms with Crippen molar-refractivity contribution < 1.29 is 9.31 Å². The van der Waals surface area contributed by atoms with Gasteiger partial charge < -0.3 is 13.9 Å². The van der Waals surface area contributed by atoms with E-state index in [4.69, 9.17) is 9.31 Å². The summed E-state index contributed by atoms with van der Waals surface area (Å²) in [6.07, 6.45) is 0. The molecule has 8 rings (SSSR count). The molecule has 0 atom stereocenters. The molecule has 6 aromatic carbocycles. The van der Waals surface area contributed by atoms with Crippen LogP contribution in [-0.4, -0.2) is 22.9 Å². The molecule has 0 saturated carbocycles. The molecule has 1 saturated heterocycles. The molecule has 7 aromatic rings. The van der Waals surface area contributed by atoms with Crippen molar-refractivity contribution in [3.63, 3.8) is 0 Å². The monoisotopic (exact) mass is 571 g/mol. The van der Waals surface area contributed by atoms with Gasteiger partial charge in [-0.25, -0.2) is 0 Å². The predicted octanol–water partition coefficient (Wildman–Crippen LogP) is 9.57. The van der Waals surface area contributed by atoms with Crippen LogP contribution in [0.2, 0.25) is 0 Å². The van der Waals surface area contributed by atoms with Gasteiger partial charge in [-0.1, -0.05) is 103 Å². The van der Waals surface area contributed by atoms with Gasteiger partial charge in [0.15, 0.2) is 0 Å². The minimum absolute atomic E-state index is 0.369. The summed E-state index contributed by atoms with van der Waals surface area (Å²) >= 11 is 0. The van der Waals surface area contributed by atoms with Crippen molar-refractivity contribution in [3.05, 3.63) is 133 Å². The van der Waals surface area contributed by atoms with E-state index in [1.807, 2.05) is 0 Å². The van der Waals surface area contributed by atoms with Crippen molar-refractivity contribution >= 4 is 45.2 Å². The maximum absolute atomic E-state index is 6.33. The van der Waals surface area contributed by atoms with E-state index < -0.39 is 0 Å². The van der Waals surface area contributed by atoms with Crippen LogP contribution < -0.4 is 5.46 Å². The lowest BCUT2D eigenvalue weighted by molar-refractivity contribution is 0.00578. The van der Waals surface area contributed by atoms with E-state index in [1.54, 1.807) is 0 Å². The zero-order valence-corrected chi connectivity index (χ0v) is 25.5. The molecule has 4 heteroatoms. The van der Waals surface area contributed by atoms with Gasteiger partial charge in [-0.05, 0) is 96.5 Å². The van der Waals surface area contributed by atoms with Crippen LogP contribution in [0.25, 0.3) is 60.5 Å². The molecule has 0 spiro atoms. The summed E-state index contributed by atoms with van der Waals surface area (Å²) < 4.78 is 15.0. The first-order valence-electron chi connectivity index (χ1n) is 15.4. The second-order valence-corrected chi connectivity index (χ2v) is 12.9. The summed E-state index contributed by atoms with van der Waals surface area (Å²) in [5, 5.41) is 5.04. The highest BCUT2D eigenvalue weighted by molar-refractivity contribution is 6.62. The Labute approximate surface area is 258 Å². The molecule has 1 aliphatic heterocycles. The molecule has 214 valence electrons. The Bertz CT molecular complexity index is 2180. The van der Waals surface area contributed by atoms with Crippen LogP contribution >= 0.6 is 0 Å². The fraction of sp³-hybridized carbons (Fsp3) is 0.150. The minimum Gasteiger partial charge on any atom is -0.399 e. The molecule has 2 heterocycles. The number of aromatic nitrogens is 1. The van der Waals surface area contributed by atoms with E-state index in [9.17, 15) is 0 Å². The first-order valence-corrected chi connectivity index (χ1v) is 15.4. The van der Waals surface area contributed by atoms with Crippen LogP contribution in [0.1, 0.15) is 27.7 Å². The Morgan fingerprint density at radius 3 is 1.98 bits per heavy atom. The lowest BCUT2D eigenvalue weighted by atomic mass is 9.78. The topological polar surface area (TPSA) is 23.4 Å². The summed E-state index contributed by atoms with van der Waals surface area (Å²) in [4.78, 5) is 0. The molecule has 0 amide bonds. The molecule has 1 fully saturated rings. The van der Waals surface area contributed by atoms with Crippen LogP contribution in [0.5, 0.6) is 0 Å². The van der Waals surface area contributed by atoms with Crippen LogP contribution in [-0.2, 0) is 9.31 Å². The smallest absolute Gasteiger partial charge is 0.399 e. The molecule has 0 radical (unpaired) electrons. The fourth-order valence-electron chi connectivity index (χ4n) is 6.54. The highest BCUT2D eigenvalue weighted by Gasteiger charge is 2.51. The third-order valence-electron chi connectivity index (χ3n) is 9.63. The summed E-state index contributed by atoms with van der Waals surface area (Å²) in [6, 6.07) is 48.1. The number of benzene rings is 6. The molecule has 44 heavy (non-hydrogen) atoms. The van der Waals surface area contributed by atoms with Crippen molar-refractivity contribution in [2.45, 2.75) is 38.9 Å². The van der Waals surface area contributed by atoms with Gasteiger partial charge >= 0.3 is 7.12 Å². The van der Waals surface area contributed by atoms with Gasteiger partial charge in [-0.3, -0.25) is 0 Å². The second-order valence-electron chi connectivity index (χ2n) is 12.9. The maximum atomic E-state index is 6.33. The number of nitrogens with zero attached hydrogens (tertiary/aromatic N) is 1. The van der Waals surface area contributed by atoms with Crippen molar-refractivity contribution in [1.29, 1.82) is 0 Å². The standard InChI is InChI=1S/C40H34BNO2/c1-39(2)40(3,4)44-41(43-39)32-14-9-13-30(26-32)28-21-23-33(24-22-28)42-36-17-8-7-15-35(36)38-34(16-10-18-37(38)42)31-20-19-27-11-5-6-12-29(27)25-31/h5-26H,1-4H3. The normalized spacial score (nSPS) is 15.9. The maximum Gasteiger partial charge on any atom is 0.494 e. The average Bonchev–Trinajstić information content (AvgIpc) is 3.50. The number of hydrogen-bond acceptors (Lipinski definition) is 2. The summed E-state index contributed by atoms with van der Waals surface area (Å²) in [6.45, 7) is 8.37. The van der Waals surface area contributed by atoms with Crippen molar-refractivity contribution in [2.75, 3.05) is 0 Å². The minimum atomic E-state index is -0.381. The molecule has 0 aliphatic carbocycles. The molecule has 0 N–H and O–H groups in total. The van der Waals surface area contributed by atoms with E-state index >= 15 is 0 Å². The van der Waals surface area contributed by atoms with E-state index in [1.165, 1.54) is 43.7 Å². The van der Waals surface area contributed by atoms with E-state index in [0.29, 0.717) is 0 Å². The van der Waals surface area contributed by atoms with Gasteiger partial charge in [0, 0.05) is 16.5 Å². The molecule has 3 nitrogen and oxygen atoms in total. The third-order valence-corrected chi connectivity index (χ3v) is 9.63. The Kier molecular flexibility index (Phi) is 6.10. The Balaban J connectivity index is 1.20. The molecule has 0 bridgehead atoms. The first kappa shape index (κ1) is 27.0. The highest BCUT2D eigenvalue weighted by atomic mass is 16.7. The Morgan fingerprint density at radius 1 is 0.523 bits per heavy atom. The number of hydrogen-bond donors (Lipinski definition) is 0. The zero-order valence-electron chi connectivity index (χ0n) is 25.5. The van der Waals surface area contributed by atoms with E-state index in [-0.39, 0.29) is 18.3 Å². The molecule has 1 aromatic heterocycles. The quantitative estimate of drug-likeness (QED) is 0.197. The predicted molar refractivity (Wildman–Crippen MR) is 185 cm³/mol. The van der Waals surface area contributed by atoms with Crippen LogP contribution in [0.3, 0.4) is 0 Å². The van der Waals surface area contributed by atoms with Gasteiger partial charge in [0.05, 0.1) is 22.2 Å². The highest BCUT2D eigenvalue weighted by Crippen LogP contribution is 2.40. The van der Waals surface area contributed by atoms with Crippen molar-refractivity contribution in [1.82, 2.24) is 4.57 Å². The summed E-state index contributed by atoms with van der Waals surface area (Å²) in [7, 11) is -0.381. The van der Waals surface area contributed by atoms with Gasteiger partial charge in [0.1, 0.15) is 0 Å². The average molecular weight is 572 g/mol. The third kappa shape index (κ3) is 4.29. The van der Waals surface area contributed by atoms with Gasteiger partial charge in [0.25, 0.3) is 0 Å². The van der Waals surface area contributed by atoms with Crippen LogP contribution in [0.4, 0.5) is 0 Å². The second kappa shape index (κ2) is 9.95.